The van der Waals surface area contributed by atoms with Crippen LogP contribution in [0.2, 0.25) is 0 Å². The first kappa shape index (κ1) is 20.1. The summed E-state index contributed by atoms with van der Waals surface area (Å²) in [5.41, 5.74) is 4.73. The van der Waals surface area contributed by atoms with Gasteiger partial charge in [0.15, 0.2) is 0 Å². The Morgan fingerprint density at radius 1 is 1.13 bits per heavy atom. The zero-order valence-electron chi connectivity index (χ0n) is 16.9. The number of hydrogen-bond acceptors (Lipinski definition) is 4. The molecule has 0 unspecified atom stereocenters. The van der Waals surface area contributed by atoms with Gasteiger partial charge in [0.1, 0.15) is 24.5 Å². The number of para-hydroxylation sites is 1. The topological polar surface area (TPSA) is 42.4 Å². The second-order valence-electron chi connectivity index (χ2n) is 7.53. The zero-order valence-corrected chi connectivity index (χ0v) is 16.9. The van der Waals surface area contributed by atoms with E-state index >= 15 is 0 Å². The summed E-state index contributed by atoms with van der Waals surface area (Å²) in [5, 5.41) is 0. The molecule has 3 aromatic rings. The van der Waals surface area contributed by atoms with Gasteiger partial charge in [-0.25, -0.2) is 4.39 Å². The molecule has 4 rings (SSSR count). The smallest absolute Gasteiger partial charge is 0.143 e. The molecule has 1 aromatic heterocycles. The van der Waals surface area contributed by atoms with Crippen molar-refractivity contribution in [1.82, 2.24) is 4.98 Å². The van der Waals surface area contributed by atoms with Crippen LogP contribution in [0.5, 0.6) is 5.75 Å². The van der Waals surface area contributed by atoms with Gasteiger partial charge in [-0.3, -0.25) is 4.98 Å². The van der Waals surface area contributed by atoms with Crippen LogP contribution in [0, 0.1) is 5.82 Å². The average molecular weight is 404 g/mol. The Hall–Kier alpha value is -3.21. The molecular weight excluding hydrogens is 379 g/mol. The van der Waals surface area contributed by atoms with Crippen molar-refractivity contribution < 1.29 is 13.9 Å². The van der Waals surface area contributed by atoms with Gasteiger partial charge in [-0.2, -0.15) is 0 Å². The molecule has 0 N–H and O–H groups in total. The minimum atomic E-state index is -0.287. The number of benzene rings is 2. The van der Waals surface area contributed by atoms with E-state index in [4.69, 9.17) is 4.74 Å². The van der Waals surface area contributed by atoms with Gasteiger partial charge in [-0.15, -0.1) is 0 Å². The number of nitrogens with zero attached hydrogens (tertiary/aromatic N) is 2. The lowest BCUT2D eigenvalue weighted by Gasteiger charge is -2.32. The van der Waals surface area contributed by atoms with Crippen LogP contribution >= 0.6 is 0 Å². The Morgan fingerprint density at radius 3 is 2.87 bits per heavy atom. The summed E-state index contributed by atoms with van der Waals surface area (Å²) >= 11 is 0. The van der Waals surface area contributed by atoms with Crippen molar-refractivity contribution in [2.45, 2.75) is 38.8 Å². The lowest BCUT2D eigenvalue weighted by molar-refractivity contribution is -0.107. The first-order valence-electron chi connectivity index (χ1n) is 10.3. The summed E-state index contributed by atoms with van der Waals surface area (Å²) in [6.07, 6.45) is 5.49. The van der Waals surface area contributed by atoms with Crippen molar-refractivity contribution in [3.05, 3.63) is 89.0 Å². The number of carbonyl (C=O) groups is 1. The van der Waals surface area contributed by atoms with Gasteiger partial charge in [0.05, 0.1) is 17.9 Å². The number of ether oxygens (including phenoxy) is 1. The number of aromatic nitrogens is 1. The molecule has 2 heterocycles. The molecule has 0 saturated heterocycles. The molecule has 154 valence electrons. The molecule has 0 amide bonds. The summed E-state index contributed by atoms with van der Waals surface area (Å²) in [5.74, 6) is 0.526. The van der Waals surface area contributed by atoms with E-state index in [-0.39, 0.29) is 5.82 Å². The van der Waals surface area contributed by atoms with Crippen LogP contribution in [0.3, 0.4) is 0 Å². The van der Waals surface area contributed by atoms with Gasteiger partial charge >= 0.3 is 0 Å². The third-order valence-corrected chi connectivity index (χ3v) is 5.40. The van der Waals surface area contributed by atoms with Gasteiger partial charge in [-0.1, -0.05) is 30.3 Å². The summed E-state index contributed by atoms with van der Waals surface area (Å²) in [6.45, 7) is 1.97. The Labute approximate surface area is 176 Å². The molecule has 4 nitrogen and oxygen atoms in total. The molecule has 30 heavy (non-hydrogen) atoms. The Balaban J connectivity index is 1.51. The van der Waals surface area contributed by atoms with E-state index in [2.05, 4.69) is 16.0 Å². The molecule has 0 bridgehead atoms. The SMILES string of the molecule is O=CCCc1ccc(COc2cccc3c2N(Cc2ccccn2)CCC3)cc1F. The maximum Gasteiger partial charge on any atom is 0.143 e. The van der Waals surface area contributed by atoms with Crippen LogP contribution in [-0.4, -0.2) is 17.8 Å². The van der Waals surface area contributed by atoms with Crippen LogP contribution in [0.15, 0.2) is 60.8 Å². The highest BCUT2D eigenvalue weighted by Crippen LogP contribution is 2.37. The fourth-order valence-electron chi connectivity index (χ4n) is 3.92. The molecule has 0 spiro atoms. The molecular formula is C25H25FN2O2. The van der Waals surface area contributed by atoms with E-state index in [1.165, 1.54) is 11.6 Å². The van der Waals surface area contributed by atoms with Crippen LogP contribution in [0.1, 0.15) is 35.2 Å². The van der Waals surface area contributed by atoms with Crippen LogP contribution < -0.4 is 9.64 Å². The van der Waals surface area contributed by atoms with Crippen molar-refractivity contribution in [2.75, 3.05) is 11.4 Å². The highest BCUT2D eigenvalue weighted by atomic mass is 19.1. The number of pyridine rings is 1. The van der Waals surface area contributed by atoms with Crippen LogP contribution in [-0.2, 0) is 30.8 Å². The molecule has 0 atom stereocenters. The molecule has 0 fully saturated rings. The number of hydrogen-bond donors (Lipinski definition) is 0. The van der Waals surface area contributed by atoms with Crippen molar-refractivity contribution in [2.24, 2.45) is 0 Å². The second kappa shape index (κ2) is 9.53. The minimum absolute atomic E-state index is 0.287. The molecule has 0 radical (unpaired) electrons. The maximum atomic E-state index is 14.3. The van der Waals surface area contributed by atoms with Crippen molar-refractivity contribution in [3.63, 3.8) is 0 Å². The van der Waals surface area contributed by atoms with Gasteiger partial charge in [0.2, 0.25) is 0 Å². The third-order valence-electron chi connectivity index (χ3n) is 5.40. The van der Waals surface area contributed by atoms with E-state index in [0.717, 1.165) is 54.9 Å². The summed E-state index contributed by atoms with van der Waals surface area (Å²) < 4.78 is 20.4. The molecule has 2 aromatic carbocycles. The average Bonchev–Trinajstić information content (AvgIpc) is 2.78. The Bertz CT molecular complexity index is 1010. The number of carbonyl (C=O) groups excluding carboxylic acids is 1. The van der Waals surface area contributed by atoms with E-state index in [1.807, 2.05) is 42.6 Å². The van der Waals surface area contributed by atoms with Gasteiger partial charge < -0.3 is 14.4 Å². The molecule has 1 aliphatic rings. The quantitative estimate of drug-likeness (QED) is 0.502. The van der Waals surface area contributed by atoms with E-state index in [9.17, 15) is 9.18 Å². The monoisotopic (exact) mass is 404 g/mol. The number of halogens is 1. The molecule has 0 saturated carbocycles. The number of aryl methyl sites for hydroxylation is 2. The van der Waals surface area contributed by atoms with Crippen molar-refractivity contribution >= 4 is 12.0 Å². The zero-order chi connectivity index (χ0) is 20.8. The lowest BCUT2D eigenvalue weighted by atomic mass is 10.0. The highest BCUT2D eigenvalue weighted by Gasteiger charge is 2.21. The predicted molar refractivity (Wildman–Crippen MR) is 115 cm³/mol. The summed E-state index contributed by atoms with van der Waals surface area (Å²) in [6, 6.07) is 17.2. The van der Waals surface area contributed by atoms with E-state index in [0.29, 0.717) is 25.0 Å². The molecule has 0 aliphatic carbocycles. The largest absolute Gasteiger partial charge is 0.487 e. The summed E-state index contributed by atoms with van der Waals surface area (Å²) in [7, 11) is 0. The first-order valence-corrected chi connectivity index (χ1v) is 10.3. The van der Waals surface area contributed by atoms with E-state index < -0.39 is 0 Å². The predicted octanol–water partition coefficient (Wildman–Crippen LogP) is 4.88. The standard InChI is InChI=1S/C25H25FN2O2/c26-23-16-19(11-12-20(23)8-5-15-29)18-30-24-10-3-6-21-7-4-14-28(25(21)24)17-22-9-1-2-13-27-22/h1-3,6,9-13,15-16H,4-5,7-8,14,17-18H2. The fraction of sp³-hybridized carbons (Fsp3) is 0.280. The highest BCUT2D eigenvalue weighted by molar-refractivity contribution is 5.65. The first-order chi connectivity index (χ1) is 14.7. The molecule has 1 aliphatic heterocycles. The second-order valence-corrected chi connectivity index (χ2v) is 7.53. The fourth-order valence-corrected chi connectivity index (χ4v) is 3.92. The van der Waals surface area contributed by atoms with Gasteiger partial charge in [0, 0.05) is 19.2 Å². The van der Waals surface area contributed by atoms with Crippen LogP contribution in [0.4, 0.5) is 10.1 Å². The van der Waals surface area contributed by atoms with Crippen molar-refractivity contribution in [3.8, 4) is 5.75 Å². The normalized spacial score (nSPS) is 13.0. The number of aldehydes is 1. The number of anilines is 1. The number of rotatable bonds is 8. The van der Waals surface area contributed by atoms with Gasteiger partial charge in [0.25, 0.3) is 0 Å². The van der Waals surface area contributed by atoms with Crippen molar-refractivity contribution in [1.29, 1.82) is 0 Å². The number of fused-ring (bicyclic) bond motifs is 1. The Morgan fingerprint density at radius 2 is 2.07 bits per heavy atom. The van der Waals surface area contributed by atoms with E-state index in [1.54, 1.807) is 6.07 Å². The third kappa shape index (κ3) is 4.67. The maximum absolute atomic E-state index is 14.3. The lowest BCUT2D eigenvalue weighted by Crippen LogP contribution is -2.29. The minimum Gasteiger partial charge on any atom is -0.487 e. The Kier molecular flexibility index (Phi) is 6.38. The summed E-state index contributed by atoms with van der Waals surface area (Å²) in [4.78, 5) is 17.3. The van der Waals surface area contributed by atoms with Crippen LogP contribution in [0.25, 0.3) is 0 Å². The molecule has 5 heteroatoms. The van der Waals surface area contributed by atoms with Gasteiger partial charge in [-0.05, 0) is 60.2 Å².